The molecule has 4 heteroatoms. The zero-order valence-electron chi connectivity index (χ0n) is 16.8. The number of ether oxygens (including phenoxy) is 2. The first kappa shape index (κ1) is 23.9. The van der Waals surface area contributed by atoms with Crippen LogP contribution in [-0.4, -0.2) is 25.2 Å². The molecule has 4 nitrogen and oxygen atoms in total. The zero-order chi connectivity index (χ0) is 18.8. The molecule has 0 bridgehead atoms. The smallest absolute Gasteiger partial charge is 0.308 e. The Balaban J connectivity index is 3.59. The Morgan fingerprint density at radius 1 is 0.760 bits per heavy atom. The van der Waals surface area contributed by atoms with Gasteiger partial charge in [0.2, 0.25) is 0 Å². The monoisotopic (exact) mass is 356 g/mol. The van der Waals surface area contributed by atoms with E-state index >= 15 is 0 Å². The molecule has 0 heterocycles. The molecule has 0 amide bonds. The fourth-order valence-electron chi connectivity index (χ4n) is 2.91. The third kappa shape index (κ3) is 14.9. The van der Waals surface area contributed by atoms with Crippen LogP contribution in [0.1, 0.15) is 104 Å². The van der Waals surface area contributed by atoms with Gasteiger partial charge >= 0.3 is 11.9 Å². The van der Waals surface area contributed by atoms with Crippen molar-refractivity contribution in [3.8, 4) is 0 Å². The van der Waals surface area contributed by atoms with Crippen molar-refractivity contribution < 1.29 is 19.1 Å². The highest BCUT2D eigenvalue weighted by molar-refractivity contribution is 5.72. The van der Waals surface area contributed by atoms with Crippen LogP contribution in [0.25, 0.3) is 0 Å². The van der Waals surface area contributed by atoms with E-state index in [9.17, 15) is 9.59 Å². The summed E-state index contributed by atoms with van der Waals surface area (Å²) in [4.78, 5) is 23.3. The van der Waals surface area contributed by atoms with Crippen LogP contribution in [-0.2, 0) is 19.1 Å². The van der Waals surface area contributed by atoms with E-state index in [1.54, 1.807) is 0 Å². The average molecular weight is 357 g/mol. The molecule has 0 N–H and O–H groups in total. The normalized spacial score (nSPS) is 12.0. The largest absolute Gasteiger partial charge is 0.466 e. The molecule has 1 atom stereocenters. The number of hydrogen-bond donors (Lipinski definition) is 0. The number of carbonyl (C=O) groups is 2. The van der Waals surface area contributed by atoms with Crippen LogP contribution in [0.2, 0.25) is 0 Å². The standard InChI is InChI=1S/C21H40O4/c1-4-7-8-12-15-18-25-21(23)19(5-2)16-13-10-9-11-14-17-20(22)24-6-3/h19H,4-18H2,1-3H3. The third-order valence-electron chi connectivity index (χ3n) is 4.56. The predicted molar refractivity (Wildman–Crippen MR) is 102 cm³/mol. The fraction of sp³-hybridized carbons (Fsp3) is 0.905. The van der Waals surface area contributed by atoms with Gasteiger partial charge in [0.1, 0.15) is 0 Å². The lowest BCUT2D eigenvalue weighted by Gasteiger charge is -2.14. The summed E-state index contributed by atoms with van der Waals surface area (Å²) in [6.07, 6.45) is 13.4. The second-order valence-electron chi connectivity index (χ2n) is 6.80. The number of esters is 2. The third-order valence-corrected chi connectivity index (χ3v) is 4.56. The summed E-state index contributed by atoms with van der Waals surface area (Å²) in [5.41, 5.74) is 0. The molecule has 148 valence electrons. The van der Waals surface area contributed by atoms with Gasteiger partial charge in [-0.3, -0.25) is 9.59 Å². The molecule has 1 unspecified atom stereocenters. The van der Waals surface area contributed by atoms with Crippen molar-refractivity contribution in [1.82, 2.24) is 0 Å². The van der Waals surface area contributed by atoms with Gasteiger partial charge in [0.15, 0.2) is 0 Å². The average Bonchev–Trinajstić information content (AvgIpc) is 2.60. The van der Waals surface area contributed by atoms with Crippen LogP contribution in [0, 0.1) is 5.92 Å². The van der Waals surface area contributed by atoms with Crippen LogP contribution in [0.15, 0.2) is 0 Å². The number of hydrogen-bond acceptors (Lipinski definition) is 4. The Morgan fingerprint density at radius 2 is 1.40 bits per heavy atom. The topological polar surface area (TPSA) is 52.6 Å². The van der Waals surface area contributed by atoms with Crippen molar-refractivity contribution in [2.75, 3.05) is 13.2 Å². The Morgan fingerprint density at radius 3 is 2.08 bits per heavy atom. The maximum atomic E-state index is 12.1. The van der Waals surface area contributed by atoms with E-state index in [0.717, 1.165) is 57.8 Å². The van der Waals surface area contributed by atoms with E-state index in [0.29, 0.717) is 19.6 Å². The van der Waals surface area contributed by atoms with Gasteiger partial charge in [-0.25, -0.2) is 0 Å². The minimum atomic E-state index is -0.0917. The molecule has 0 aliphatic heterocycles. The Hall–Kier alpha value is -1.06. The molecular formula is C21H40O4. The summed E-state index contributed by atoms with van der Waals surface area (Å²) in [6.45, 7) is 7.14. The summed E-state index contributed by atoms with van der Waals surface area (Å²) in [5.74, 6) is -0.0542. The molecule has 0 fully saturated rings. The van der Waals surface area contributed by atoms with Crippen molar-refractivity contribution in [2.45, 2.75) is 104 Å². The first-order valence-electron chi connectivity index (χ1n) is 10.5. The molecule has 0 aromatic rings. The van der Waals surface area contributed by atoms with E-state index in [4.69, 9.17) is 9.47 Å². The van der Waals surface area contributed by atoms with E-state index < -0.39 is 0 Å². The lowest BCUT2D eigenvalue weighted by atomic mass is 9.98. The minimum Gasteiger partial charge on any atom is -0.466 e. The van der Waals surface area contributed by atoms with Gasteiger partial charge in [-0.2, -0.15) is 0 Å². The van der Waals surface area contributed by atoms with E-state index in [-0.39, 0.29) is 17.9 Å². The van der Waals surface area contributed by atoms with Crippen LogP contribution >= 0.6 is 0 Å². The van der Waals surface area contributed by atoms with Crippen molar-refractivity contribution >= 4 is 11.9 Å². The Labute approximate surface area is 155 Å². The van der Waals surface area contributed by atoms with Gasteiger partial charge in [0.25, 0.3) is 0 Å². The lowest BCUT2D eigenvalue weighted by molar-refractivity contribution is -0.149. The molecule has 0 saturated heterocycles. The van der Waals surface area contributed by atoms with Gasteiger partial charge in [0.05, 0.1) is 19.1 Å². The molecule has 0 spiro atoms. The zero-order valence-corrected chi connectivity index (χ0v) is 16.8. The van der Waals surface area contributed by atoms with Gasteiger partial charge in [-0.15, -0.1) is 0 Å². The van der Waals surface area contributed by atoms with Gasteiger partial charge in [-0.1, -0.05) is 65.2 Å². The van der Waals surface area contributed by atoms with Crippen molar-refractivity contribution in [2.24, 2.45) is 5.92 Å². The summed E-state index contributed by atoms with van der Waals surface area (Å²) in [5, 5.41) is 0. The molecule has 25 heavy (non-hydrogen) atoms. The van der Waals surface area contributed by atoms with Crippen molar-refractivity contribution in [3.05, 3.63) is 0 Å². The Bertz CT molecular complexity index is 328. The second kappa shape index (κ2) is 17.8. The highest BCUT2D eigenvalue weighted by atomic mass is 16.5. The van der Waals surface area contributed by atoms with E-state index in [1.807, 2.05) is 6.92 Å². The van der Waals surface area contributed by atoms with Crippen LogP contribution in [0.5, 0.6) is 0 Å². The first-order chi connectivity index (χ1) is 12.2. The number of carbonyl (C=O) groups excluding carboxylic acids is 2. The van der Waals surface area contributed by atoms with Crippen molar-refractivity contribution in [1.29, 1.82) is 0 Å². The summed E-state index contributed by atoms with van der Waals surface area (Å²) < 4.78 is 10.3. The van der Waals surface area contributed by atoms with Gasteiger partial charge in [0, 0.05) is 6.42 Å². The highest BCUT2D eigenvalue weighted by Crippen LogP contribution is 2.17. The summed E-state index contributed by atoms with van der Waals surface area (Å²) >= 11 is 0. The van der Waals surface area contributed by atoms with Crippen LogP contribution < -0.4 is 0 Å². The van der Waals surface area contributed by atoms with Crippen molar-refractivity contribution in [3.63, 3.8) is 0 Å². The highest BCUT2D eigenvalue weighted by Gasteiger charge is 2.17. The predicted octanol–water partition coefficient (Wildman–Crippen LogP) is 5.82. The number of unbranched alkanes of at least 4 members (excludes halogenated alkanes) is 8. The SMILES string of the molecule is CCCCCCCOC(=O)C(CC)CCCCCCCC(=O)OCC. The number of rotatable bonds is 17. The maximum absolute atomic E-state index is 12.1. The quantitative estimate of drug-likeness (QED) is 0.243. The van der Waals surface area contributed by atoms with Crippen LogP contribution in [0.3, 0.4) is 0 Å². The molecular weight excluding hydrogens is 316 g/mol. The molecule has 0 aliphatic rings. The molecule has 0 aromatic heterocycles. The van der Waals surface area contributed by atoms with Gasteiger partial charge < -0.3 is 9.47 Å². The van der Waals surface area contributed by atoms with E-state index in [2.05, 4.69) is 13.8 Å². The minimum absolute atomic E-state index is 0.0136. The molecule has 0 radical (unpaired) electrons. The Kier molecular flexibility index (Phi) is 17.0. The summed E-state index contributed by atoms with van der Waals surface area (Å²) in [7, 11) is 0. The molecule has 0 aromatic carbocycles. The van der Waals surface area contributed by atoms with Gasteiger partial charge in [-0.05, 0) is 32.6 Å². The molecule has 0 rings (SSSR count). The summed E-state index contributed by atoms with van der Waals surface area (Å²) in [6, 6.07) is 0. The molecule has 0 aliphatic carbocycles. The lowest BCUT2D eigenvalue weighted by Crippen LogP contribution is -2.17. The van der Waals surface area contributed by atoms with Crippen LogP contribution in [0.4, 0.5) is 0 Å². The first-order valence-corrected chi connectivity index (χ1v) is 10.5. The van der Waals surface area contributed by atoms with E-state index in [1.165, 1.54) is 19.3 Å². The molecule has 0 saturated carbocycles. The fourth-order valence-corrected chi connectivity index (χ4v) is 2.91. The maximum Gasteiger partial charge on any atom is 0.308 e. The second-order valence-corrected chi connectivity index (χ2v) is 6.80.